The predicted molar refractivity (Wildman–Crippen MR) is 234 cm³/mol. The van der Waals surface area contributed by atoms with Gasteiger partial charge in [0.15, 0.2) is 0 Å². The van der Waals surface area contributed by atoms with Crippen molar-refractivity contribution in [2.24, 2.45) is 0 Å². The molecule has 0 heterocycles. The van der Waals surface area contributed by atoms with Crippen molar-refractivity contribution in [3.63, 3.8) is 0 Å². The molecule has 0 aliphatic rings. The highest BCUT2D eigenvalue weighted by Crippen LogP contribution is 2.39. The summed E-state index contributed by atoms with van der Waals surface area (Å²) in [6, 6.07) is 84.9. The zero-order valence-electron chi connectivity index (χ0n) is 30.5. The van der Waals surface area contributed by atoms with Gasteiger partial charge in [-0.3, -0.25) is 0 Å². The molecular weight excluding hydrogens is 663 g/mol. The second-order valence-corrected chi connectivity index (χ2v) is 13.8. The van der Waals surface area contributed by atoms with E-state index >= 15 is 0 Å². The van der Waals surface area contributed by atoms with Gasteiger partial charge in [0.1, 0.15) is 0 Å². The summed E-state index contributed by atoms with van der Waals surface area (Å²) in [5.41, 5.74) is 17.8. The Kier molecular flexibility index (Phi) is 9.41. The van der Waals surface area contributed by atoms with Crippen LogP contribution in [0.5, 0.6) is 0 Å². The number of nitrogens with zero attached hydrogens (tertiary/aromatic N) is 1. The molecule has 0 fully saturated rings. The smallest absolute Gasteiger partial charge is 0.0462 e. The minimum absolute atomic E-state index is 1.10. The van der Waals surface area contributed by atoms with E-state index in [1.807, 2.05) is 0 Å². The Hall–Kier alpha value is -7.22. The SMILES string of the molecule is c1ccc(-c2cccc(-c3ccc(N(c4ccc(-c5cccc(-c6ccccc6)c5)cc4)c4ccc(-c5ccccc5-c5ccccc5)cc4)cc3)c2)cc1. The van der Waals surface area contributed by atoms with E-state index in [0.717, 1.165) is 17.1 Å². The van der Waals surface area contributed by atoms with Gasteiger partial charge in [0, 0.05) is 17.1 Å². The Bertz CT molecular complexity index is 2520. The molecule has 0 saturated carbocycles. The van der Waals surface area contributed by atoms with Crippen LogP contribution < -0.4 is 4.90 Å². The Morgan fingerprint density at radius 3 is 0.800 bits per heavy atom. The van der Waals surface area contributed by atoms with Gasteiger partial charge in [0.05, 0.1) is 0 Å². The van der Waals surface area contributed by atoms with Crippen molar-refractivity contribution in [2.75, 3.05) is 4.90 Å². The first-order valence-corrected chi connectivity index (χ1v) is 18.8. The van der Waals surface area contributed by atoms with Gasteiger partial charge in [0.25, 0.3) is 0 Å². The quantitative estimate of drug-likeness (QED) is 0.145. The number of hydrogen-bond donors (Lipinski definition) is 0. The zero-order valence-corrected chi connectivity index (χ0v) is 30.5. The van der Waals surface area contributed by atoms with Gasteiger partial charge >= 0.3 is 0 Å². The standard InChI is InChI=1S/C54H39N/c1-4-14-40(15-5-1)46-20-12-22-48(38-46)42-26-32-50(33-27-42)55(51-34-28-43(29-35-51)49-23-13-21-47(39-49)41-16-6-2-7-17-41)52-36-30-45(31-37-52)54-25-11-10-24-53(54)44-18-8-3-9-19-44/h1-39H. The molecule has 55 heavy (non-hydrogen) atoms. The second-order valence-electron chi connectivity index (χ2n) is 13.8. The lowest BCUT2D eigenvalue weighted by Gasteiger charge is -2.26. The lowest BCUT2D eigenvalue weighted by atomic mass is 9.94. The summed E-state index contributed by atoms with van der Waals surface area (Å²) in [5.74, 6) is 0. The van der Waals surface area contributed by atoms with E-state index in [0.29, 0.717) is 0 Å². The maximum Gasteiger partial charge on any atom is 0.0462 e. The van der Waals surface area contributed by atoms with Crippen molar-refractivity contribution in [3.05, 3.63) is 237 Å². The number of hydrogen-bond acceptors (Lipinski definition) is 1. The van der Waals surface area contributed by atoms with Gasteiger partial charge in [0.2, 0.25) is 0 Å². The molecule has 0 unspecified atom stereocenters. The summed E-state index contributed by atoms with van der Waals surface area (Å²) in [6.45, 7) is 0. The van der Waals surface area contributed by atoms with Crippen molar-refractivity contribution < 1.29 is 0 Å². The average Bonchev–Trinajstić information content (AvgIpc) is 3.28. The molecule has 0 saturated heterocycles. The summed E-state index contributed by atoms with van der Waals surface area (Å²) in [5, 5.41) is 0. The highest BCUT2D eigenvalue weighted by molar-refractivity contribution is 5.86. The normalized spacial score (nSPS) is 10.9. The monoisotopic (exact) mass is 701 g/mol. The molecule has 0 atom stereocenters. The van der Waals surface area contributed by atoms with E-state index in [4.69, 9.17) is 0 Å². The highest BCUT2D eigenvalue weighted by atomic mass is 15.1. The van der Waals surface area contributed by atoms with Crippen LogP contribution in [0.1, 0.15) is 0 Å². The van der Waals surface area contributed by atoms with Gasteiger partial charge in [-0.05, 0) is 115 Å². The summed E-state index contributed by atoms with van der Waals surface area (Å²) in [6.07, 6.45) is 0. The maximum atomic E-state index is 2.35. The average molecular weight is 702 g/mol. The fraction of sp³-hybridized carbons (Fsp3) is 0. The van der Waals surface area contributed by atoms with Crippen molar-refractivity contribution in [3.8, 4) is 66.8 Å². The lowest BCUT2D eigenvalue weighted by Crippen LogP contribution is -2.09. The van der Waals surface area contributed by atoms with Crippen molar-refractivity contribution in [1.29, 1.82) is 0 Å². The van der Waals surface area contributed by atoms with Crippen LogP contribution in [0, 0.1) is 0 Å². The lowest BCUT2D eigenvalue weighted by molar-refractivity contribution is 1.28. The van der Waals surface area contributed by atoms with E-state index < -0.39 is 0 Å². The van der Waals surface area contributed by atoms with Crippen LogP contribution in [0.15, 0.2) is 237 Å². The van der Waals surface area contributed by atoms with Crippen LogP contribution in [-0.2, 0) is 0 Å². The van der Waals surface area contributed by atoms with Crippen molar-refractivity contribution in [2.45, 2.75) is 0 Å². The molecule has 0 aliphatic carbocycles. The number of anilines is 3. The first-order valence-electron chi connectivity index (χ1n) is 18.8. The molecule has 0 aliphatic heterocycles. The van der Waals surface area contributed by atoms with Crippen molar-refractivity contribution >= 4 is 17.1 Å². The van der Waals surface area contributed by atoms with E-state index in [-0.39, 0.29) is 0 Å². The minimum Gasteiger partial charge on any atom is -0.311 e. The molecule has 0 bridgehead atoms. The minimum atomic E-state index is 1.10. The fourth-order valence-electron chi connectivity index (χ4n) is 7.47. The second kappa shape index (κ2) is 15.4. The van der Waals surface area contributed by atoms with E-state index in [2.05, 4.69) is 241 Å². The summed E-state index contributed by atoms with van der Waals surface area (Å²) < 4.78 is 0. The van der Waals surface area contributed by atoms with Gasteiger partial charge in [-0.15, -0.1) is 0 Å². The molecule has 0 radical (unpaired) electrons. The van der Waals surface area contributed by atoms with Crippen LogP contribution in [-0.4, -0.2) is 0 Å². The summed E-state index contributed by atoms with van der Waals surface area (Å²) >= 11 is 0. The van der Waals surface area contributed by atoms with Crippen LogP contribution >= 0.6 is 0 Å². The third kappa shape index (κ3) is 7.25. The first kappa shape index (κ1) is 33.6. The molecule has 1 nitrogen and oxygen atoms in total. The van der Waals surface area contributed by atoms with Crippen LogP contribution in [0.2, 0.25) is 0 Å². The summed E-state index contributed by atoms with van der Waals surface area (Å²) in [7, 11) is 0. The fourth-order valence-corrected chi connectivity index (χ4v) is 7.47. The Labute approximate surface area is 324 Å². The maximum absolute atomic E-state index is 2.35. The molecule has 9 aromatic rings. The topological polar surface area (TPSA) is 3.24 Å². The first-order chi connectivity index (χ1) is 27.3. The zero-order chi connectivity index (χ0) is 36.8. The van der Waals surface area contributed by atoms with Gasteiger partial charge in [-0.2, -0.15) is 0 Å². The molecule has 0 N–H and O–H groups in total. The Morgan fingerprint density at radius 1 is 0.182 bits per heavy atom. The van der Waals surface area contributed by atoms with Gasteiger partial charge in [-0.1, -0.05) is 188 Å². The van der Waals surface area contributed by atoms with Gasteiger partial charge in [-0.25, -0.2) is 0 Å². The molecule has 0 aromatic heterocycles. The van der Waals surface area contributed by atoms with E-state index in [9.17, 15) is 0 Å². The molecule has 1 heteroatoms. The molecule has 0 spiro atoms. The van der Waals surface area contributed by atoms with Crippen LogP contribution in [0.3, 0.4) is 0 Å². The van der Waals surface area contributed by atoms with Gasteiger partial charge < -0.3 is 4.90 Å². The van der Waals surface area contributed by atoms with E-state index in [1.54, 1.807) is 0 Å². The van der Waals surface area contributed by atoms with Crippen LogP contribution in [0.4, 0.5) is 17.1 Å². The molecule has 9 aromatic carbocycles. The van der Waals surface area contributed by atoms with Crippen LogP contribution in [0.25, 0.3) is 66.8 Å². The molecule has 260 valence electrons. The molecular formula is C54H39N. The highest BCUT2D eigenvalue weighted by Gasteiger charge is 2.15. The third-order valence-corrected chi connectivity index (χ3v) is 10.3. The van der Waals surface area contributed by atoms with E-state index in [1.165, 1.54) is 66.8 Å². The third-order valence-electron chi connectivity index (χ3n) is 10.3. The number of rotatable bonds is 9. The Balaban J connectivity index is 1.08. The largest absolute Gasteiger partial charge is 0.311 e. The van der Waals surface area contributed by atoms with Crippen molar-refractivity contribution in [1.82, 2.24) is 0 Å². The molecule has 0 amide bonds. The Morgan fingerprint density at radius 2 is 0.436 bits per heavy atom. The molecule has 9 rings (SSSR count). The summed E-state index contributed by atoms with van der Waals surface area (Å²) in [4.78, 5) is 2.35. The predicted octanol–water partition coefficient (Wildman–Crippen LogP) is 15.2. The number of benzene rings is 9.